The molecule has 14 heavy (non-hydrogen) atoms. The van der Waals surface area contributed by atoms with Gasteiger partial charge < -0.3 is 5.11 Å². The Bertz CT molecular complexity index is 268. The van der Waals surface area contributed by atoms with Crippen LogP contribution in [0.2, 0.25) is 0 Å². The molecule has 1 heteroatoms. The van der Waals surface area contributed by atoms with E-state index in [-0.39, 0.29) is 6.10 Å². The highest BCUT2D eigenvalue weighted by molar-refractivity contribution is 5.20. The number of benzene rings is 1. The number of aliphatic hydroxyl groups excluding tert-OH is 1. The van der Waals surface area contributed by atoms with Crippen molar-refractivity contribution in [3.05, 3.63) is 35.9 Å². The maximum absolute atomic E-state index is 10.0. The Balaban J connectivity index is 2.15. The summed E-state index contributed by atoms with van der Waals surface area (Å²) in [5.41, 5.74) is 1.31. The van der Waals surface area contributed by atoms with Crippen molar-refractivity contribution in [3.8, 4) is 0 Å². The molecule has 2 rings (SSSR count). The number of aliphatic hydroxyl groups is 1. The van der Waals surface area contributed by atoms with Gasteiger partial charge in [0.15, 0.2) is 0 Å². The molecule has 0 heterocycles. The van der Waals surface area contributed by atoms with Crippen LogP contribution in [0.3, 0.4) is 0 Å². The van der Waals surface area contributed by atoms with Crippen molar-refractivity contribution in [2.24, 2.45) is 0 Å². The summed E-state index contributed by atoms with van der Waals surface area (Å²) in [4.78, 5) is 0. The fourth-order valence-electron chi connectivity index (χ4n) is 2.38. The van der Waals surface area contributed by atoms with E-state index in [9.17, 15) is 5.11 Å². The van der Waals surface area contributed by atoms with Crippen molar-refractivity contribution in [1.29, 1.82) is 0 Å². The molecule has 1 aromatic carbocycles. The third kappa shape index (κ3) is 2.16. The number of hydrogen-bond acceptors (Lipinski definition) is 1. The van der Waals surface area contributed by atoms with Crippen molar-refractivity contribution in [3.63, 3.8) is 0 Å². The van der Waals surface area contributed by atoms with Crippen molar-refractivity contribution in [1.82, 2.24) is 0 Å². The summed E-state index contributed by atoms with van der Waals surface area (Å²) in [6.07, 6.45) is 5.71. The van der Waals surface area contributed by atoms with Gasteiger partial charge in [-0.2, -0.15) is 0 Å². The molecule has 0 bridgehead atoms. The average molecular weight is 190 g/mol. The molecule has 0 saturated heterocycles. The SMILES string of the molecule is OC1CCCCCC1c1ccccc1. The van der Waals surface area contributed by atoms with Crippen LogP contribution in [0.4, 0.5) is 0 Å². The summed E-state index contributed by atoms with van der Waals surface area (Å²) in [6.45, 7) is 0. The fourth-order valence-corrected chi connectivity index (χ4v) is 2.38. The monoisotopic (exact) mass is 190 g/mol. The zero-order valence-corrected chi connectivity index (χ0v) is 8.52. The summed E-state index contributed by atoms with van der Waals surface area (Å²) in [6, 6.07) is 10.4. The molecule has 1 aliphatic rings. The minimum Gasteiger partial charge on any atom is -0.392 e. The second-order valence-corrected chi connectivity index (χ2v) is 4.22. The molecule has 1 saturated carbocycles. The molecule has 2 atom stereocenters. The van der Waals surface area contributed by atoms with E-state index in [0.717, 1.165) is 12.8 Å². The van der Waals surface area contributed by atoms with Gasteiger partial charge in [0.25, 0.3) is 0 Å². The van der Waals surface area contributed by atoms with E-state index >= 15 is 0 Å². The second kappa shape index (κ2) is 4.61. The molecule has 1 nitrogen and oxygen atoms in total. The molecule has 1 aromatic rings. The maximum Gasteiger partial charge on any atom is 0.0608 e. The Labute approximate surface area is 85.8 Å². The first-order valence-corrected chi connectivity index (χ1v) is 5.61. The Kier molecular flexibility index (Phi) is 3.20. The zero-order valence-electron chi connectivity index (χ0n) is 8.52. The van der Waals surface area contributed by atoms with E-state index in [0.29, 0.717) is 5.92 Å². The van der Waals surface area contributed by atoms with E-state index in [1.807, 2.05) is 6.07 Å². The van der Waals surface area contributed by atoms with Crippen LogP contribution in [0.1, 0.15) is 43.6 Å². The first-order valence-electron chi connectivity index (χ1n) is 5.61. The highest BCUT2D eigenvalue weighted by Gasteiger charge is 2.22. The average Bonchev–Trinajstić information content (AvgIpc) is 2.44. The molecule has 1 fully saturated rings. The van der Waals surface area contributed by atoms with Crippen LogP contribution in [0, 0.1) is 0 Å². The fraction of sp³-hybridized carbons (Fsp3) is 0.538. The molecule has 0 radical (unpaired) electrons. The van der Waals surface area contributed by atoms with Gasteiger partial charge in [0.05, 0.1) is 6.10 Å². The molecule has 1 aliphatic carbocycles. The molecule has 0 amide bonds. The van der Waals surface area contributed by atoms with E-state index in [2.05, 4.69) is 24.3 Å². The molecule has 76 valence electrons. The number of rotatable bonds is 1. The van der Waals surface area contributed by atoms with Crippen LogP contribution in [0.15, 0.2) is 30.3 Å². The van der Waals surface area contributed by atoms with Crippen LogP contribution in [0.25, 0.3) is 0 Å². The Morgan fingerprint density at radius 1 is 0.929 bits per heavy atom. The van der Waals surface area contributed by atoms with Crippen molar-refractivity contribution in [2.45, 2.75) is 44.1 Å². The smallest absolute Gasteiger partial charge is 0.0608 e. The van der Waals surface area contributed by atoms with E-state index in [1.54, 1.807) is 0 Å². The number of hydrogen-bond donors (Lipinski definition) is 1. The zero-order chi connectivity index (χ0) is 9.80. The Morgan fingerprint density at radius 2 is 1.64 bits per heavy atom. The van der Waals surface area contributed by atoms with Gasteiger partial charge in [0, 0.05) is 5.92 Å². The summed E-state index contributed by atoms with van der Waals surface area (Å²) in [7, 11) is 0. The first-order chi connectivity index (χ1) is 6.88. The van der Waals surface area contributed by atoms with Gasteiger partial charge >= 0.3 is 0 Å². The van der Waals surface area contributed by atoms with Crippen LogP contribution in [-0.2, 0) is 0 Å². The van der Waals surface area contributed by atoms with Gasteiger partial charge in [-0.05, 0) is 18.4 Å². The van der Waals surface area contributed by atoms with Crippen LogP contribution >= 0.6 is 0 Å². The van der Waals surface area contributed by atoms with Crippen molar-refractivity contribution >= 4 is 0 Å². The van der Waals surface area contributed by atoms with Crippen molar-refractivity contribution < 1.29 is 5.11 Å². The lowest BCUT2D eigenvalue weighted by molar-refractivity contribution is 0.135. The minimum absolute atomic E-state index is 0.125. The van der Waals surface area contributed by atoms with Gasteiger partial charge in [-0.25, -0.2) is 0 Å². The predicted molar refractivity (Wildman–Crippen MR) is 58.3 cm³/mol. The lowest BCUT2D eigenvalue weighted by Gasteiger charge is -2.20. The van der Waals surface area contributed by atoms with Gasteiger partial charge in [-0.1, -0.05) is 49.6 Å². The minimum atomic E-state index is -0.125. The predicted octanol–water partition coefficient (Wildman–Crippen LogP) is 3.10. The topological polar surface area (TPSA) is 20.2 Å². The summed E-state index contributed by atoms with van der Waals surface area (Å²) in [5.74, 6) is 0.374. The van der Waals surface area contributed by atoms with Crippen LogP contribution in [0.5, 0.6) is 0 Å². The molecule has 0 aliphatic heterocycles. The van der Waals surface area contributed by atoms with Crippen LogP contribution < -0.4 is 0 Å². The molecular weight excluding hydrogens is 172 g/mol. The highest BCUT2D eigenvalue weighted by atomic mass is 16.3. The van der Waals surface area contributed by atoms with Gasteiger partial charge in [0.1, 0.15) is 0 Å². The van der Waals surface area contributed by atoms with Gasteiger partial charge in [0.2, 0.25) is 0 Å². The Hall–Kier alpha value is -0.820. The standard InChI is InChI=1S/C13H18O/c14-13-10-6-2-5-9-12(13)11-7-3-1-4-8-11/h1,3-4,7-8,12-14H,2,5-6,9-10H2. The van der Waals surface area contributed by atoms with E-state index in [4.69, 9.17) is 0 Å². The third-order valence-electron chi connectivity index (χ3n) is 3.21. The second-order valence-electron chi connectivity index (χ2n) is 4.22. The van der Waals surface area contributed by atoms with Crippen LogP contribution in [-0.4, -0.2) is 11.2 Å². The van der Waals surface area contributed by atoms with Crippen molar-refractivity contribution in [2.75, 3.05) is 0 Å². The third-order valence-corrected chi connectivity index (χ3v) is 3.21. The first kappa shape index (κ1) is 9.72. The quantitative estimate of drug-likeness (QED) is 0.675. The lowest BCUT2D eigenvalue weighted by Crippen LogP contribution is -2.16. The van der Waals surface area contributed by atoms with E-state index in [1.165, 1.54) is 24.8 Å². The Morgan fingerprint density at radius 3 is 2.43 bits per heavy atom. The van der Waals surface area contributed by atoms with E-state index < -0.39 is 0 Å². The summed E-state index contributed by atoms with van der Waals surface area (Å²) >= 11 is 0. The molecule has 2 unspecified atom stereocenters. The highest BCUT2D eigenvalue weighted by Crippen LogP contribution is 2.31. The lowest BCUT2D eigenvalue weighted by atomic mass is 9.90. The van der Waals surface area contributed by atoms with Gasteiger partial charge in [-0.15, -0.1) is 0 Å². The largest absolute Gasteiger partial charge is 0.392 e. The molecule has 0 spiro atoms. The molecular formula is C13H18O. The maximum atomic E-state index is 10.0. The molecule has 1 N–H and O–H groups in total. The van der Waals surface area contributed by atoms with Gasteiger partial charge in [-0.3, -0.25) is 0 Å². The summed E-state index contributed by atoms with van der Waals surface area (Å²) in [5, 5.41) is 10.0. The normalized spacial score (nSPS) is 28.4. The summed E-state index contributed by atoms with van der Waals surface area (Å²) < 4.78 is 0. The molecule has 0 aromatic heterocycles.